The first-order valence-electron chi connectivity index (χ1n) is 9.27. The molecule has 2 aliphatic heterocycles. The second-order valence-electron chi connectivity index (χ2n) is 8.08. The molecule has 0 bridgehead atoms. The number of hydrogen-bond donors (Lipinski definition) is 0. The Morgan fingerprint density at radius 2 is 2.04 bits per heavy atom. The predicted molar refractivity (Wildman–Crippen MR) is 100 cm³/mol. The number of rotatable bonds is 3. The minimum absolute atomic E-state index is 0.00306. The largest absolute Gasteiger partial charge is 0.496 e. The summed E-state index contributed by atoms with van der Waals surface area (Å²) in [4.78, 5) is 28.3. The molecule has 0 N–H and O–H groups in total. The van der Waals surface area contributed by atoms with Gasteiger partial charge in [0, 0.05) is 32.2 Å². The molecule has 1 amide bonds. The molecule has 0 spiro atoms. The van der Waals surface area contributed by atoms with Crippen molar-refractivity contribution in [1.82, 2.24) is 9.80 Å². The molecule has 7 nitrogen and oxygen atoms in total. The summed E-state index contributed by atoms with van der Waals surface area (Å²) in [6.07, 6.45) is -0.277. The predicted octanol–water partition coefficient (Wildman–Crippen LogP) is 2.71. The Morgan fingerprint density at radius 3 is 2.67 bits per heavy atom. The zero-order valence-electron chi connectivity index (χ0n) is 16.7. The molecule has 3 rings (SSSR count). The fraction of sp³-hybridized carbons (Fsp3) is 0.600. The Hall–Kier alpha value is -2.28. The summed E-state index contributed by atoms with van der Waals surface area (Å²) < 4.78 is 16.6. The molecular formula is C20H28N2O5. The summed E-state index contributed by atoms with van der Waals surface area (Å²) in [7, 11) is 1.62. The summed E-state index contributed by atoms with van der Waals surface area (Å²) in [5.74, 6) is 1.34. The first-order chi connectivity index (χ1) is 12.7. The molecule has 148 valence electrons. The van der Waals surface area contributed by atoms with Crippen molar-refractivity contribution in [2.24, 2.45) is 0 Å². The Morgan fingerprint density at radius 1 is 1.30 bits per heavy atom. The van der Waals surface area contributed by atoms with E-state index in [1.54, 1.807) is 18.1 Å². The minimum Gasteiger partial charge on any atom is -0.496 e. The number of ketones is 1. The molecule has 2 aliphatic rings. The van der Waals surface area contributed by atoms with E-state index in [2.05, 4.69) is 11.8 Å². The van der Waals surface area contributed by atoms with Crippen LogP contribution in [0.1, 0.15) is 43.6 Å². The van der Waals surface area contributed by atoms with E-state index >= 15 is 0 Å². The van der Waals surface area contributed by atoms with E-state index in [9.17, 15) is 9.59 Å². The molecule has 2 heterocycles. The van der Waals surface area contributed by atoms with Gasteiger partial charge < -0.3 is 19.1 Å². The molecular weight excluding hydrogens is 348 g/mol. The van der Waals surface area contributed by atoms with Gasteiger partial charge in [0.25, 0.3) is 0 Å². The van der Waals surface area contributed by atoms with Crippen LogP contribution >= 0.6 is 0 Å². The normalized spacial score (nSPS) is 20.3. The first kappa shape index (κ1) is 19.5. The fourth-order valence-electron chi connectivity index (χ4n) is 3.48. The number of piperazine rings is 1. The van der Waals surface area contributed by atoms with Gasteiger partial charge in [0.15, 0.2) is 6.61 Å². The lowest BCUT2D eigenvalue weighted by Crippen LogP contribution is -2.54. The van der Waals surface area contributed by atoms with Crippen molar-refractivity contribution in [2.75, 3.05) is 33.4 Å². The molecule has 0 radical (unpaired) electrons. The average molecular weight is 376 g/mol. The van der Waals surface area contributed by atoms with Gasteiger partial charge in [0.2, 0.25) is 5.78 Å². The van der Waals surface area contributed by atoms with Gasteiger partial charge in [-0.1, -0.05) is 0 Å². The van der Waals surface area contributed by atoms with Crippen LogP contribution in [0.2, 0.25) is 0 Å². The highest BCUT2D eigenvalue weighted by Gasteiger charge is 2.32. The maximum atomic E-state index is 12.3. The van der Waals surface area contributed by atoms with Gasteiger partial charge in [-0.3, -0.25) is 9.69 Å². The van der Waals surface area contributed by atoms with Crippen LogP contribution in [0.25, 0.3) is 0 Å². The van der Waals surface area contributed by atoms with Gasteiger partial charge in [-0.15, -0.1) is 0 Å². The van der Waals surface area contributed by atoms with Gasteiger partial charge in [0.05, 0.1) is 18.2 Å². The van der Waals surface area contributed by atoms with Crippen molar-refractivity contribution in [3.05, 3.63) is 23.3 Å². The van der Waals surface area contributed by atoms with Crippen molar-refractivity contribution in [1.29, 1.82) is 0 Å². The van der Waals surface area contributed by atoms with Crippen molar-refractivity contribution in [3.8, 4) is 11.5 Å². The zero-order chi connectivity index (χ0) is 19.8. The molecule has 0 saturated carbocycles. The van der Waals surface area contributed by atoms with Crippen LogP contribution in [0, 0.1) is 0 Å². The standard InChI is InChI=1S/C20H28N2O5/c1-13-10-22(19(24)27-20(2,3)4)9-8-21(13)11-15-17(25-5)7-6-14-16(23)12-26-18(14)15/h6-7,13H,8-12H2,1-5H3/t13-/m1/s1. The number of nitrogens with zero attached hydrogens (tertiary/aromatic N) is 2. The second-order valence-corrected chi connectivity index (χ2v) is 8.08. The quantitative estimate of drug-likeness (QED) is 0.808. The van der Waals surface area contributed by atoms with E-state index in [0.29, 0.717) is 43.2 Å². The molecule has 27 heavy (non-hydrogen) atoms. The van der Waals surface area contributed by atoms with Crippen molar-refractivity contribution in [2.45, 2.75) is 45.9 Å². The van der Waals surface area contributed by atoms with Crippen LogP contribution in [0.3, 0.4) is 0 Å². The molecule has 1 aromatic carbocycles. The number of hydrogen-bond acceptors (Lipinski definition) is 6. The van der Waals surface area contributed by atoms with Gasteiger partial charge >= 0.3 is 6.09 Å². The van der Waals surface area contributed by atoms with Crippen LogP contribution < -0.4 is 9.47 Å². The van der Waals surface area contributed by atoms with Crippen molar-refractivity contribution in [3.63, 3.8) is 0 Å². The third-order valence-electron chi connectivity index (χ3n) is 4.86. The number of carbonyl (C=O) groups excluding carboxylic acids is 2. The van der Waals surface area contributed by atoms with E-state index < -0.39 is 5.60 Å². The molecule has 1 atom stereocenters. The highest BCUT2D eigenvalue weighted by molar-refractivity contribution is 6.03. The van der Waals surface area contributed by atoms with Gasteiger partial charge in [0.1, 0.15) is 17.1 Å². The number of ether oxygens (including phenoxy) is 3. The van der Waals surface area contributed by atoms with Gasteiger partial charge in [-0.2, -0.15) is 0 Å². The van der Waals surface area contributed by atoms with Gasteiger partial charge in [-0.25, -0.2) is 4.79 Å². The summed E-state index contributed by atoms with van der Waals surface area (Å²) in [5.41, 5.74) is 1.00. The third kappa shape index (κ3) is 4.18. The number of methoxy groups -OCH3 is 1. The molecule has 1 saturated heterocycles. The lowest BCUT2D eigenvalue weighted by atomic mass is 10.0. The topological polar surface area (TPSA) is 68.3 Å². The highest BCUT2D eigenvalue weighted by Crippen LogP contribution is 2.37. The second kappa shape index (κ2) is 7.38. The SMILES string of the molecule is COc1ccc2c(c1CN1CCN(C(=O)OC(C)(C)C)C[C@H]1C)OCC2=O. The summed E-state index contributed by atoms with van der Waals surface area (Å²) in [6, 6.07) is 3.73. The van der Waals surface area contributed by atoms with E-state index in [0.717, 1.165) is 5.56 Å². The Labute approximate surface area is 160 Å². The maximum Gasteiger partial charge on any atom is 0.410 e. The Kier molecular flexibility index (Phi) is 5.33. The maximum absolute atomic E-state index is 12.3. The first-order valence-corrected chi connectivity index (χ1v) is 9.27. The monoisotopic (exact) mass is 376 g/mol. The van der Waals surface area contributed by atoms with Crippen LogP contribution in [-0.4, -0.2) is 66.7 Å². The molecule has 0 unspecified atom stereocenters. The number of benzene rings is 1. The average Bonchev–Trinajstić information content (AvgIpc) is 2.97. The molecule has 0 aliphatic carbocycles. The number of carbonyl (C=O) groups is 2. The smallest absolute Gasteiger partial charge is 0.410 e. The summed E-state index contributed by atoms with van der Waals surface area (Å²) in [6.45, 7) is 10.3. The molecule has 1 fully saturated rings. The van der Waals surface area contributed by atoms with Gasteiger partial charge in [-0.05, 0) is 39.8 Å². The van der Waals surface area contributed by atoms with E-state index in [-0.39, 0.29) is 24.5 Å². The van der Waals surface area contributed by atoms with E-state index in [1.165, 1.54) is 0 Å². The Balaban J connectivity index is 1.72. The molecule has 0 aromatic heterocycles. The van der Waals surface area contributed by atoms with Crippen molar-refractivity contribution >= 4 is 11.9 Å². The summed E-state index contributed by atoms with van der Waals surface area (Å²) >= 11 is 0. The Bertz CT molecular complexity index is 741. The van der Waals surface area contributed by atoms with Crippen LogP contribution in [0.5, 0.6) is 11.5 Å². The fourth-order valence-corrected chi connectivity index (χ4v) is 3.48. The zero-order valence-corrected chi connectivity index (χ0v) is 16.7. The molecule has 7 heteroatoms. The van der Waals surface area contributed by atoms with E-state index in [1.807, 2.05) is 26.8 Å². The highest BCUT2D eigenvalue weighted by atomic mass is 16.6. The van der Waals surface area contributed by atoms with E-state index in [4.69, 9.17) is 14.2 Å². The minimum atomic E-state index is -0.501. The lowest BCUT2D eigenvalue weighted by Gasteiger charge is -2.40. The van der Waals surface area contributed by atoms with Crippen LogP contribution in [-0.2, 0) is 11.3 Å². The molecule has 1 aromatic rings. The van der Waals surface area contributed by atoms with Crippen molar-refractivity contribution < 1.29 is 23.8 Å². The van der Waals surface area contributed by atoms with Crippen LogP contribution in [0.15, 0.2) is 12.1 Å². The number of fused-ring (bicyclic) bond motifs is 1. The third-order valence-corrected chi connectivity index (χ3v) is 4.86. The van der Waals surface area contributed by atoms with Crippen LogP contribution in [0.4, 0.5) is 4.79 Å². The summed E-state index contributed by atoms with van der Waals surface area (Å²) in [5, 5.41) is 0. The number of amides is 1. The lowest BCUT2D eigenvalue weighted by molar-refractivity contribution is 0.00440. The number of Topliss-reactive ketones (excluding diaryl/α,β-unsaturated/α-hetero) is 1.